The maximum absolute atomic E-state index is 13.3. The Kier molecular flexibility index (Phi) is 7.98. The van der Waals surface area contributed by atoms with Crippen LogP contribution in [0, 0.1) is 5.92 Å². The Balaban J connectivity index is 1.47. The Bertz CT molecular complexity index is 676. The molecule has 4 aliphatic rings. The van der Waals surface area contributed by atoms with E-state index in [2.05, 4.69) is 10.2 Å². The number of ether oxygens (including phenoxy) is 2. The van der Waals surface area contributed by atoms with Crippen molar-refractivity contribution in [2.24, 2.45) is 5.92 Å². The number of morpholine rings is 1. The van der Waals surface area contributed by atoms with Crippen molar-refractivity contribution in [2.75, 3.05) is 85.8 Å². The van der Waals surface area contributed by atoms with E-state index in [0.717, 1.165) is 58.8 Å². The molecule has 3 amide bonds. The van der Waals surface area contributed by atoms with Crippen LogP contribution in [0.4, 0.5) is 0 Å². The summed E-state index contributed by atoms with van der Waals surface area (Å²) in [7, 11) is 1.49. The summed E-state index contributed by atoms with van der Waals surface area (Å²) in [6.07, 6.45) is 2.38. The highest BCUT2D eigenvalue weighted by Gasteiger charge is 2.46. The fourth-order valence-corrected chi connectivity index (χ4v) is 4.96. The number of amides is 3. The van der Waals surface area contributed by atoms with E-state index >= 15 is 0 Å². The maximum atomic E-state index is 13.3. The van der Waals surface area contributed by atoms with Gasteiger partial charge < -0.3 is 29.5 Å². The minimum atomic E-state index is -0.529. The van der Waals surface area contributed by atoms with Crippen LogP contribution in [0.5, 0.6) is 0 Å². The molecule has 0 spiro atoms. The second-order valence-electron chi connectivity index (χ2n) is 9.22. The zero-order valence-corrected chi connectivity index (χ0v) is 19.2. The van der Waals surface area contributed by atoms with Gasteiger partial charge in [0.15, 0.2) is 0 Å². The maximum Gasteiger partial charge on any atom is 0.249 e. The first-order chi connectivity index (χ1) is 15.6. The molecule has 2 unspecified atom stereocenters. The molecule has 1 N–H and O–H groups in total. The van der Waals surface area contributed by atoms with Crippen LogP contribution in [0.2, 0.25) is 0 Å². The second-order valence-corrected chi connectivity index (χ2v) is 9.22. The highest BCUT2D eigenvalue weighted by atomic mass is 16.5. The van der Waals surface area contributed by atoms with Gasteiger partial charge in [-0.25, -0.2) is 0 Å². The van der Waals surface area contributed by atoms with Crippen molar-refractivity contribution < 1.29 is 23.9 Å². The lowest BCUT2D eigenvalue weighted by atomic mass is 10.1. The molecule has 4 fully saturated rings. The lowest BCUT2D eigenvalue weighted by molar-refractivity contribution is -0.146. The lowest BCUT2D eigenvalue weighted by Gasteiger charge is -2.33. The first-order valence-corrected chi connectivity index (χ1v) is 12.0. The average molecular weight is 452 g/mol. The van der Waals surface area contributed by atoms with Crippen molar-refractivity contribution in [3.05, 3.63) is 0 Å². The molecule has 1 saturated carbocycles. The smallest absolute Gasteiger partial charge is 0.249 e. The van der Waals surface area contributed by atoms with Gasteiger partial charge in [0, 0.05) is 71.9 Å². The van der Waals surface area contributed by atoms with Crippen molar-refractivity contribution >= 4 is 17.7 Å². The number of carbonyl (C=O) groups excluding carboxylic acids is 3. The van der Waals surface area contributed by atoms with Crippen LogP contribution in [0.25, 0.3) is 0 Å². The summed E-state index contributed by atoms with van der Waals surface area (Å²) in [6.45, 7) is 7.77. The van der Waals surface area contributed by atoms with Crippen LogP contribution in [-0.4, -0.2) is 135 Å². The quantitative estimate of drug-likeness (QED) is 0.485. The van der Waals surface area contributed by atoms with E-state index in [1.165, 1.54) is 7.11 Å². The molecule has 1 aliphatic carbocycles. The molecule has 180 valence electrons. The largest absolute Gasteiger partial charge is 0.379 e. The zero-order valence-electron chi connectivity index (χ0n) is 19.2. The summed E-state index contributed by atoms with van der Waals surface area (Å²) in [6, 6.07) is -0.666. The van der Waals surface area contributed by atoms with E-state index in [-0.39, 0.29) is 36.3 Å². The highest BCUT2D eigenvalue weighted by molar-refractivity contribution is 5.89. The molecule has 3 heterocycles. The van der Waals surface area contributed by atoms with Gasteiger partial charge in [-0.15, -0.1) is 0 Å². The third-order valence-electron chi connectivity index (χ3n) is 6.99. The number of nitrogens with zero attached hydrogens (tertiary/aromatic N) is 4. The first-order valence-electron chi connectivity index (χ1n) is 12.0. The molecule has 3 saturated heterocycles. The number of piperazine rings is 1. The number of likely N-dealkylation sites (tertiary alicyclic amines) is 1. The predicted octanol–water partition coefficient (Wildman–Crippen LogP) is -1.40. The fourth-order valence-electron chi connectivity index (χ4n) is 4.96. The summed E-state index contributed by atoms with van der Waals surface area (Å²) in [5, 5.41) is 3.26. The Morgan fingerprint density at radius 3 is 2.47 bits per heavy atom. The molecular weight excluding hydrogens is 414 g/mol. The highest BCUT2D eigenvalue weighted by Crippen LogP contribution is 2.34. The van der Waals surface area contributed by atoms with Crippen LogP contribution in [0.15, 0.2) is 0 Å². The summed E-state index contributed by atoms with van der Waals surface area (Å²) >= 11 is 0. The monoisotopic (exact) mass is 451 g/mol. The van der Waals surface area contributed by atoms with Crippen molar-refractivity contribution in [1.29, 1.82) is 0 Å². The van der Waals surface area contributed by atoms with Gasteiger partial charge in [-0.3, -0.25) is 19.3 Å². The molecule has 10 heteroatoms. The summed E-state index contributed by atoms with van der Waals surface area (Å²) < 4.78 is 10.5. The average Bonchev–Trinajstić information content (AvgIpc) is 3.59. The van der Waals surface area contributed by atoms with Crippen molar-refractivity contribution in [1.82, 2.24) is 24.9 Å². The van der Waals surface area contributed by atoms with Gasteiger partial charge in [0.25, 0.3) is 0 Å². The van der Waals surface area contributed by atoms with Crippen molar-refractivity contribution in [3.8, 4) is 0 Å². The fraction of sp³-hybridized carbons (Fsp3) is 0.864. The van der Waals surface area contributed by atoms with Crippen LogP contribution < -0.4 is 5.32 Å². The van der Waals surface area contributed by atoms with E-state index in [4.69, 9.17) is 9.47 Å². The molecule has 4 rings (SSSR count). The minimum absolute atomic E-state index is 0.00884. The van der Waals surface area contributed by atoms with E-state index in [1.54, 1.807) is 4.90 Å². The van der Waals surface area contributed by atoms with E-state index in [0.29, 0.717) is 32.6 Å². The number of methoxy groups -OCH3 is 1. The Labute approximate surface area is 190 Å². The normalized spacial score (nSPS) is 26.9. The second kappa shape index (κ2) is 10.9. The van der Waals surface area contributed by atoms with Crippen LogP contribution in [0.3, 0.4) is 0 Å². The molecule has 10 nitrogen and oxygen atoms in total. The SMILES string of the molecule is COCC(=O)N1CC(N(CCN2CCOCC2)C(=O)C2CC2)CC1C(=O)N1CCNCC1. The molecule has 0 radical (unpaired) electrons. The van der Waals surface area contributed by atoms with E-state index in [9.17, 15) is 14.4 Å². The van der Waals surface area contributed by atoms with Crippen molar-refractivity contribution in [2.45, 2.75) is 31.3 Å². The molecule has 0 bridgehead atoms. The summed E-state index contributed by atoms with van der Waals surface area (Å²) in [4.78, 5) is 47.2. The van der Waals surface area contributed by atoms with E-state index < -0.39 is 6.04 Å². The van der Waals surface area contributed by atoms with Gasteiger partial charge in [-0.1, -0.05) is 0 Å². The standard InChI is InChI=1S/C22H37N5O5/c1-31-16-20(28)27-15-18(14-19(27)22(30)25-6-4-23-5-7-25)26(21(29)17-2-3-17)9-8-24-10-12-32-13-11-24/h17-19,23H,2-16H2,1H3. The first kappa shape index (κ1) is 23.4. The Hall–Kier alpha value is -1.75. The number of nitrogens with one attached hydrogen (secondary N) is 1. The molecular formula is C22H37N5O5. The Morgan fingerprint density at radius 2 is 1.81 bits per heavy atom. The van der Waals surface area contributed by atoms with E-state index in [1.807, 2.05) is 9.80 Å². The summed E-state index contributed by atoms with van der Waals surface area (Å²) in [5.41, 5.74) is 0. The van der Waals surface area contributed by atoms with Gasteiger partial charge in [-0.05, 0) is 19.3 Å². The minimum Gasteiger partial charge on any atom is -0.379 e. The van der Waals surface area contributed by atoms with Crippen LogP contribution >= 0.6 is 0 Å². The van der Waals surface area contributed by atoms with Gasteiger partial charge in [0.1, 0.15) is 12.6 Å². The van der Waals surface area contributed by atoms with Gasteiger partial charge in [0.2, 0.25) is 17.7 Å². The lowest BCUT2D eigenvalue weighted by Crippen LogP contribution is -2.53. The third-order valence-corrected chi connectivity index (χ3v) is 6.99. The topological polar surface area (TPSA) is 94.7 Å². The molecule has 0 aromatic rings. The number of hydrogen-bond acceptors (Lipinski definition) is 7. The molecule has 0 aromatic carbocycles. The van der Waals surface area contributed by atoms with Crippen LogP contribution in [0.1, 0.15) is 19.3 Å². The van der Waals surface area contributed by atoms with Gasteiger partial charge in [-0.2, -0.15) is 0 Å². The van der Waals surface area contributed by atoms with Gasteiger partial charge in [0.05, 0.1) is 19.3 Å². The Morgan fingerprint density at radius 1 is 1.09 bits per heavy atom. The number of carbonyl (C=O) groups is 3. The van der Waals surface area contributed by atoms with Crippen molar-refractivity contribution in [3.63, 3.8) is 0 Å². The number of rotatable bonds is 8. The number of hydrogen-bond donors (Lipinski definition) is 1. The third kappa shape index (κ3) is 5.59. The van der Waals surface area contributed by atoms with Crippen LogP contribution in [-0.2, 0) is 23.9 Å². The molecule has 0 aromatic heterocycles. The molecule has 3 aliphatic heterocycles. The zero-order chi connectivity index (χ0) is 22.5. The molecule has 2 atom stereocenters. The summed E-state index contributed by atoms with van der Waals surface area (Å²) in [5.74, 6) is 0.0874. The predicted molar refractivity (Wildman–Crippen MR) is 117 cm³/mol. The van der Waals surface area contributed by atoms with Gasteiger partial charge >= 0.3 is 0 Å². The molecule has 32 heavy (non-hydrogen) atoms.